The van der Waals surface area contributed by atoms with Gasteiger partial charge < -0.3 is 25.2 Å². The van der Waals surface area contributed by atoms with Crippen molar-refractivity contribution < 1.29 is 19.4 Å². The zero-order chi connectivity index (χ0) is 13.6. The molecule has 0 saturated heterocycles. The van der Waals surface area contributed by atoms with E-state index in [0.29, 0.717) is 31.5 Å². The van der Waals surface area contributed by atoms with Gasteiger partial charge in [-0.05, 0) is 12.2 Å². The Bertz CT molecular complexity index is 239. The average molecular weight is 277 g/mol. The Balaban J connectivity index is 3.11. The summed E-state index contributed by atoms with van der Waals surface area (Å²) < 4.78 is 10.3. The molecule has 3 N–H and O–H groups in total. The molecule has 0 aromatic carbocycles. The van der Waals surface area contributed by atoms with Crippen LogP contribution in [-0.2, 0) is 14.3 Å². The SMILES string of the molecule is [CH2+]CCNC(=S)NCCOCCOCCC(=O)O. The van der Waals surface area contributed by atoms with Gasteiger partial charge in [-0.25, -0.2) is 0 Å². The number of carbonyl (C=O) groups is 1. The lowest BCUT2D eigenvalue weighted by Crippen LogP contribution is -2.37. The maximum absolute atomic E-state index is 10.2. The number of carboxylic acids is 1. The maximum Gasteiger partial charge on any atom is 0.305 e. The Morgan fingerprint density at radius 3 is 2.33 bits per heavy atom. The molecule has 104 valence electrons. The second-order valence-corrected chi connectivity index (χ2v) is 3.81. The number of aliphatic carboxylic acids is 1. The lowest BCUT2D eigenvalue weighted by Gasteiger charge is -2.09. The van der Waals surface area contributed by atoms with Gasteiger partial charge in [0.25, 0.3) is 0 Å². The largest absolute Gasteiger partial charge is 0.481 e. The highest BCUT2D eigenvalue weighted by Gasteiger charge is 1.97. The standard InChI is InChI=1S/C11H20N2O4S/c1-2-4-12-11(18)13-5-7-17-9-8-16-6-3-10(14)15/h1-9H2,(H2-,12,13,14,15,18)/p+1. The number of hydrogen-bond acceptors (Lipinski definition) is 4. The normalized spacial score (nSPS) is 10.0. The predicted molar refractivity (Wildman–Crippen MR) is 72.5 cm³/mol. The summed E-state index contributed by atoms with van der Waals surface area (Å²) in [6.07, 6.45) is 0.805. The Labute approximate surface area is 113 Å². The van der Waals surface area contributed by atoms with Gasteiger partial charge in [-0.15, -0.1) is 0 Å². The van der Waals surface area contributed by atoms with Crippen LogP contribution in [0.25, 0.3) is 0 Å². The van der Waals surface area contributed by atoms with E-state index in [2.05, 4.69) is 17.6 Å². The molecule has 18 heavy (non-hydrogen) atoms. The van der Waals surface area contributed by atoms with Gasteiger partial charge in [0.2, 0.25) is 0 Å². The van der Waals surface area contributed by atoms with Crippen LogP contribution in [0.4, 0.5) is 0 Å². The van der Waals surface area contributed by atoms with Crippen molar-refractivity contribution in [2.75, 3.05) is 39.5 Å². The highest BCUT2D eigenvalue weighted by molar-refractivity contribution is 7.80. The summed E-state index contributed by atoms with van der Waals surface area (Å²) in [6.45, 7) is 6.65. The number of hydrogen-bond donors (Lipinski definition) is 3. The number of thiocarbonyl (C=S) groups is 1. The molecule has 0 rings (SSSR count). The monoisotopic (exact) mass is 277 g/mol. The average Bonchev–Trinajstić information content (AvgIpc) is 2.34. The molecule has 0 bridgehead atoms. The van der Waals surface area contributed by atoms with Gasteiger partial charge in [-0.1, -0.05) is 0 Å². The molecular formula is C11H21N2O4S+. The Morgan fingerprint density at radius 1 is 1.11 bits per heavy atom. The Morgan fingerprint density at radius 2 is 1.72 bits per heavy atom. The lowest BCUT2D eigenvalue weighted by molar-refractivity contribution is -0.138. The fourth-order valence-corrected chi connectivity index (χ4v) is 1.19. The van der Waals surface area contributed by atoms with E-state index < -0.39 is 5.97 Å². The molecule has 0 unspecified atom stereocenters. The van der Waals surface area contributed by atoms with Crippen LogP contribution in [0.5, 0.6) is 0 Å². The van der Waals surface area contributed by atoms with Crippen LogP contribution in [0.3, 0.4) is 0 Å². The molecule has 0 amide bonds. The zero-order valence-corrected chi connectivity index (χ0v) is 11.3. The van der Waals surface area contributed by atoms with Gasteiger partial charge >= 0.3 is 5.97 Å². The number of rotatable bonds is 11. The fraction of sp³-hybridized carbons (Fsp3) is 0.727. The second kappa shape index (κ2) is 12.4. The van der Waals surface area contributed by atoms with Crippen molar-refractivity contribution in [1.29, 1.82) is 0 Å². The quantitative estimate of drug-likeness (QED) is 0.282. The molecule has 0 fully saturated rings. The van der Waals surface area contributed by atoms with Crippen molar-refractivity contribution in [2.45, 2.75) is 12.8 Å². The van der Waals surface area contributed by atoms with Gasteiger partial charge in [0.05, 0.1) is 46.3 Å². The highest BCUT2D eigenvalue weighted by Crippen LogP contribution is 1.83. The summed E-state index contributed by atoms with van der Waals surface area (Å²) in [5, 5.41) is 14.9. The molecule has 0 aliphatic rings. The molecule has 0 heterocycles. The summed E-state index contributed by atoms with van der Waals surface area (Å²) >= 11 is 4.99. The first-order chi connectivity index (χ1) is 8.66. The van der Waals surface area contributed by atoms with Crippen LogP contribution in [-0.4, -0.2) is 55.7 Å². The third-order valence-corrected chi connectivity index (χ3v) is 2.12. The van der Waals surface area contributed by atoms with E-state index in [1.807, 2.05) is 0 Å². The van der Waals surface area contributed by atoms with Crippen molar-refractivity contribution in [3.63, 3.8) is 0 Å². The predicted octanol–water partition coefficient (Wildman–Crippen LogP) is 0.183. The third kappa shape index (κ3) is 13.0. The molecule has 0 aliphatic carbocycles. The minimum atomic E-state index is -0.858. The van der Waals surface area contributed by atoms with E-state index in [-0.39, 0.29) is 13.0 Å². The first-order valence-electron chi connectivity index (χ1n) is 5.85. The smallest absolute Gasteiger partial charge is 0.305 e. The van der Waals surface area contributed by atoms with E-state index in [1.54, 1.807) is 0 Å². The van der Waals surface area contributed by atoms with Crippen LogP contribution in [0.1, 0.15) is 12.8 Å². The van der Waals surface area contributed by atoms with Crippen LogP contribution in [0.15, 0.2) is 0 Å². The molecule has 0 aliphatic heterocycles. The fourth-order valence-electron chi connectivity index (χ4n) is 0.983. The number of carboxylic acid groups (broad SMARTS) is 1. The molecule has 0 saturated carbocycles. The van der Waals surface area contributed by atoms with E-state index in [9.17, 15) is 4.79 Å². The van der Waals surface area contributed by atoms with Gasteiger partial charge in [0.1, 0.15) is 6.42 Å². The second-order valence-electron chi connectivity index (χ2n) is 3.40. The molecule has 0 radical (unpaired) electrons. The first-order valence-corrected chi connectivity index (χ1v) is 6.26. The van der Waals surface area contributed by atoms with Crippen molar-refractivity contribution >= 4 is 23.3 Å². The molecular weight excluding hydrogens is 256 g/mol. The summed E-state index contributed by atoms with van der Waals surface area (Å²) in [4.78, 5) is 10.2. The van der Waals surface area contributed by atoms with E-state index in [1.165, 1.54) is 0 Å². The Kier molecular flexibility index (Phi) is 11.7. The zero-order valence-electron chi connectivity index (χ0n) is 10.4. The van der Waals surface area contributed by atoms with Gasteiger partial charge in [0.15, 0.2) is 5.11 Å². The minimum absolute atomic E-state index is 0.0216. The molecule has 0 spiro atoms. The number of nitrogens with one attached hydrogen (secondary N) is 2. The van der Waals surface area contributed by atoms with E-state index >= 15 is 0 Å². The highest BCUT2D eigenvalue weighted by atomic mass is 32.1. The maximum atomic E-state index is 10.2. The summed E-state index contributed by atoms with van der Waals surface area (Å²) in [5.74, 6) is -0.858. The summed E-state index contributed by atoms with van der Waals surface area (Å²) in [5.41, 5.74) is 0. The number of ether oxygens (including phenoxy) is 2. The van der Waals surface area contributed by atoms with Crippen molar-refractivity contribution in [2.24, 2.45) is 0 Å². The molecule has 7 heteroatoms. The lowest BCUT2D eigenvalue weighted by atomic mass is 10.5. The van der Waals surface area contributed by atoms with Crippen molar-refractivity contribution in [3.8, 4) is 0 Å². The molecule has 0 aromatic heterocycles. The Hall–Kier alpha value is -1.05. The van der Waals surface area contributed by atoms with Gasteiger partial charge in [-0.3, -0.25) is 4.79 Å². The van der Waals surface area contributed by atoms with E-state index in [0.717, 1.165) is 13.0 Å². The molecule has 0 atom stereocenters. The van der Waals surface area contributed by atoms with Crippen LogP contribution >= 0.6 is 12.2 Å². The van der Waals surface area contributed by atoms with Crippen LogP contribution < -0.4 is 10.6 Å². The van der Waals surface area contributed by atoms with Crippen molar-refractivity contribution in [1.82, 2.24) is 10.6 Å². The molecule has 6 nitrogen and oxygen atoms in total. The van der Waals surface area contributed by atoms with Gasteiger partial charge in [-0.2, -0.15) is 0 Å². The molecule has 0 aromatic rings. The minimum Gasteiger partial charge on any atom is -0.481 e. The summed E-state index contributed by atoms with van der Waals surface area (Å²) in [7, 11) is 0. The third-order valence-electron chi connectivity index (χ3n) is 1.83. The van der Waals surface area contributed by atoms with Crippen LogP contribution in [0, 0.1) is 6.92 Å². The van der Waals surface area contributed by atoms with Crippen molar-refractivity contribution in [3.05, 3.63) is 6.92 Å². The van der Waals surface area contributed by atoms with Crippen LogP contribution in [0.2, 0.25) is 0 Å². The first kappa shape index (κ1) is 16.9. The van der Waals surface area contributed by atoms with Gasteiger partial charge in [0, 0.05) is 6.54 Å². The summed E-state index contributed by atoms with van der Waals surface area (Å²) in [6, 6.07) is 0. The van der Waals surface area contributed by atoms with E-state index in [4.69, 9.17) is 26.8 Å². The topological polar surface area (TPSA) is 79.8 Å².